The van der Waals surface area contributed by atoms with Gasteiger partial charge < -0.3 is 19.9 Å². The van der Waals surface area contributed by atoms with Crippen molar-refractivity contribution in [1.29, 1.82) is 0 Å². The second-order valence-electron chi connectivity index (χ2n) is 7.16. The molecule has 0 aromatic heterocycles. The standard InChI is InChI=1S/C20H30N4O3/c1-2-27-20(26)24-10-8-18(9-11-24)21-19(25)23-14-12-22(13-15-23)16-17-6-4-3-5-7-17/h3-7,18H,2,8-16H2,1H3,(H,21,25). The van der Waals surface area contributed by atoms with Crippen LogP contribution in [0.2, 0.25) is 0 Å². The lowest BCUT2D eigenvalue weighted by molar-refractivity contribution is 0.0939. The Kier molecular flexibility index (Phi) is 6.92. The molecule has 2 aliphatic heterocycles. The molecule has 3 rings (SSSR count). The summed E-state index contributed by atoms with van der Waals surface area (Å²) in [5.41, 5.74) is 1.31. The van der Waals surface area contributed by atoms with Crippen molar-refractivity contribution in [3.63, 3.8) is 0 Å². The third-order valence-corrected chi connectivity index (χ3v) is 5.26. The minimum atomic E-state index is -0.253. The Balaban J connectivity index is 1.37. The number of benzene rings is 1. The fourth-order valence-corrected chi connectivity index (χ4v) is 3.64. The van der Waals surface area contributed by atoms with Crippen LogP contribution in [0, 0.1) is 0 Å². The lowest BCUT2D eigenvalue weighted by Gasteiger charge is -2.37. The van der Waals surface area contributed by atoms with Gasteiger partial charge in [0.25, 0.3) is 0 Å². The van der Waals surface area contributed by atoms with Gasteiger partial charge in [0.2, 0.25) is 0 Å². The molecule has 0 atom stereocenters. The Hall–Kier alpha value is -2.28. The van der Waals surface area contributed by atoms with E-state index in [1.54, 1.807) is 4.90 Å². The zero-order valence-corrected chi connectivity index (χ0v) is 16.1. The van der Waals surface area contributed by atoms with Gasteiger partial charge in [-0.2, -0.15) is 0 Å². The number of hydrogen-bond acceptors (Lipinski definition) is 4. The molecule has 1 N–H and O–H groups in total. The third kappa shape index (κ3) is 5.60. The van der Waals surface area contributed by atoms with Crippen LogP contribution in [-0.2, 0) is 11.3 Å². The molecule has 0 aliphatic carbocycles. The second-order valence-corrected chi connectivity index (χ2v) is 7.16. The Labute approximate surface area is 161 Å². The second kappa shape index (κ2) is 9.60. The molecule has 3 amide bonds. The summed E-state index contributed by atoms with van der Waals surface area (Å²) in [5, 5.41) is 3.13. The molecular formula is C20H30N4O3. The minimum Gasteiger partial charge on any atom is -0.450 e. The average molecular weight is 374 g/mol. The first-order valence-electron chi connectivity index (χ1n) is 9.89. The topological polar surface area (TPSA) is 65.1 Å². The number of amides is 3. The molecule has 0 bridgehead atoms. The van der Waals surface area contributed by atoms with Crippen LogP contribution in [0.1, 0.15) is 25.3 Å². The lowest BCUT2D eigenvalue weighted by atomic mass is 10.1. The van der Waals surface area contributed by atoms with Crippen LogP contribution < -0.4 is 5.32 Å². The number of rotatable bonds is 4. The number of carbonyl (C=O) groups excluding carboxylic acids is 2. The monoisotopic (exact) mass is 374 g/mol. The van der Waals surface area contributed by atoms with Gasteiger partial charge in [-0.3, -0.25) is 4.90 Å². The van der Waals surface area contributed by atoms with Crippen molar-refractivity contribution in [2.75, 3.05) is 45.9 Å². The number of nitrogens with one attached hydrogen (secondary N) is 1. The normalized spacial score (nSPS) is 19.0. The summed E-state index contributed by atoms with van der Waals surface area (Å²) in [6.07, 6.45) is 1.30. The largest absolute Gasteiger partial charge is 0.450 e. The highest BCUT2D eigenvalue weighted by Crippen LogP contribution is 2.13. The maximum absolute atomic E-state index is 12.5. The van der Waals surface area contributed by atoms with Crippen molar-refractivity contribution >= 4 is 12.1 Å². The van der Waals surface area contributed by atoms with E-state index < -0.39 is 0 Å². The van der Waals surface area contributed by atoms with E-state index in [4.69, 9.17) is 4.74 Å². The molecule has 1 aromatic carbocycles. The molecule has 0 spiro atoms. The summed E-state index contributed by atoms with van der Waals surface area (Å²) < 4.78 is 5.03. The highest BCUT2D eigenvalue weighted by Gasteiger charge is 2.27. The fourth-order valence-electron chi connectivity index (χ4n) is 3.64. The van der Waals surface area contributed by atoms with E-state index in [0.29, 0.717) is 19.7 Å². The molecule has 0 saturated carbocycles. The lowest BCUT2D eigenvalue weighted by Crippen LogP contribution is -2.54. The number of hydrogen-bond donors (Lipinski definition) is 1. The Morgan fingerprint density at radius 2 is 1.67 bits per heavy atom. The molecule has 148 valence electrons. The number of piperidine rings is 1. The van der Waals surface area contributed by atoms with Gasteiger partial charge in [-0.15, -0.1) is 0 Å². The van der Waals surface area contributed by atoms with Crippen LogP contribution in [0.15, 0.2) is 30.3 Å². The van der Waals surface area contributed by atoms with Gasteiger partial charge >= 0.3 is 12.1 Å². The number of likely N-dealkylation sites (tertiary alicyclic amines) is 1. The Morgan fingerprint density at radius 1 is 1.00 bits per heavy atom. The van der Waals surface area contributed by atoms with Gasteiger partial charge in [-0.05, 0) is 25.3 Å². The van der Waals surface area contributed by atoms with Gasteiger partial charge in [0, 0.05) is 51.9 Å². The van der Waals surface area contributed by atoms with Crippen molar-refractivity contribution in [2.45, 2.75) is 32.4 Å². The number of carbonyl (C=O) groups is 2. The zero-order chi connectivity index (χ0) is 19.1. The number of piperazine rings is 1. The van der Waals surface area contributed by atoms with Gasteiger partial charge in [0.05, 0.1) is 6.61 Å². The maximum Gasteiger partial charge on any atom is 0.409 e. The van der Waals surface area contributed by atoms with Crippen molar-refractivity contribution in [2.24, 2.45) is 0 Å². The summed E-state index contributed by atoms with van der Waals surface area (Å²) in [5.74, 6) is 0. The highest BCUT2D eigenvalue weighted by molar-refractivity contribution is 5.74. The van der Waals surface area contributed by atoms with Crippen LogP contribution in [0.3, 0.4) is 0 Å². The van der Waals surface area contributed by atoms with Crippen molar-refractivity contribution < 1.29 is 14.3 Å². The molecule has 7 heteroatoms. The van der Waals surface area contributed by atoms with Crippen molar-refractivity contribution in [3.05, 3.63) is 35.9 Å². The molecule has 2 fully saturated rings. The molecule has 0 unspecified atom stereocenters. The number of nitrogens with zero attached hydrogens (tertiary/aromatic N) is 3. The van der Waals surface area contributed by atoms with Crippen LogP contribution in [0.4, 0.5) is 9.59 Å². The van der Waals surface area contributed by atoms with Gasteiger partial charge in [-0.1, -0.05) is 30.3 Å². The first-order valence-corrected chi connectivity index (χ1v) is 9.89. The van der Waals surface area contributed by atoms with E-state index >= 15 is 0 Å². The predicted molar refractivity (Wildman–Crippen MR) is 103 cm³/mol. The molecule has 1 aromatic rings. The average Bonchev–Trinajstić information content (AvgIpc) is 2.70. The molecule has 2 saturated heterocycles. The van der Waals surface area contributed by atoms with Crippen molar-refractivity contribution in [3.8, 4) is 0 Å². The maximum atomic E-state index is 12.5. The Morgan fingerprint density at radius 3 is 2.30 bits per heavy atom. The molecule has 27 heavy (non-hydrogen) atoms. The summed E-state index contributed by atoms with van der Waals surface area (Å²) in [6.45, 7) is 7.69. The zero-order valence-electron chi connectivity index (χ0n) is 16.1. The fraction of sp³-hybridized carbons (Fsp3) is 0.600. The first-order chi connectivity index (χ1) is 13.2. The minimum absolute atomic E-state index is 0.0175. The van der Waals surface area contributed by atoms with E-state index in [1.807, 2.05) is 17.9 Å². The summed E-state index contributed by atoms with van der Waals surface area (Å²) in [7, 11) is 0. The first kappa shape index (κ1) is 19.5. The van der Waals surface area contributed by atoms with Crippen LogP contribution in [0.25, 0.3) is 0 Å². The Bertz CT molecular complexity index is 609. The van der Waals surface area contributed by atoms with E-state index in [-0.39, 0.29) is 18.2 Å². The van der Waals surface area contributed by atoms with E-state index in [1.165, 1.54) is 5.56 Å². The molecule has 7 nitrogen and oxygen atoms in total. The SMILES string of the molecule is CCOC(=O)N1CCC(NC(=O)N2CCN(Cc3ccccc3)CC2)CC1. The number of ether oxygens (including phenoxy) is 1. The van der Waals surface area contributed by atoms with E-state index in [9.17, 15) is 9.59 Å². The van der Waals surface area contributed by atoms with Crippen LogP contribution in [-0.4, -0.2) is 78.7 Å². The smallest absolute Gasteiger partial charge is 0.409 e. The quantitative estimate of drug-likeness (QED) is 0.877. The van der Waals surface area contributed by atoms with Crippen molar-refractivity contribution in [1.82, 2.24) is 20.0 Å². The summed E-state index contributed by atoms with van der Waals surface area (Å²) in [6, 6.07) is 10.6. The van der Waals surface area contributed by atoms with Crippen LogP contribution >= 0.6 is 0 Å². The highest BCUT2D eigenvalue weighted by atomic mass is 16.6. The molecule has 0 radical (unpaired) electrons. The van der Waals surface area contributed by atoms with Gasteiger partial charge in [-0.25, -0.2) is 9.59 Å². The van der Waals surface area contributed by atoms with Crippen LogP contribution in [0.5, 0.6) is 0 Å². The van der Waals surface area contributed by atoms with E-state index in [0.717, 1.165) is 45.6 Å². The summed E-state index contributed by atoms with van der Waals surface area (Å²) in [4.78, 5) is 30.3. The van der Waals surface area contributed by atoms with Gasteiger partial charge in [0.1, 0.15) is 0 Å². The van der Waals surface area contributed by atoms with E-state index in [2.05, 4.69) is 34.5 Å². The molecule has 2 aliphatic rings. The van der Waals surface area contributed by atoms with Gasteiger partial charge in [0.15, 0.2) is 0 Å². The predicted octanol–water partition coefficient (Wildman–Crippen LogP) is 2.13. The molecule has 2 heterocycles. The number of urea groups is 1. The molecular weight excluding hydrogens is 344 g/mol. The summed E-state index contributed by atoms with van der Waals surface area (Å²) >= 11 is 0. The third-order valence-electron chi connectivity index (χ3n) is 5.26.